The van der Waals surface area contributed by atoms with Crippen LogP contribution >= 0.6 is 23.5 Å². The highest BCUT2D eigenvalue weighted by Gasteiger charge is 2.11. The van der Waals surface area contributed by atoms with Gasteiger partial charge in [0.05, 0.1) is 7.11 Å². The second kappa shape index (κ2) is 8.65. The Hall–Kier alpha value is -1.91. The molecular weight excluding hydrogens is 363 g/mol. The van der Waals surface area contributed by atoms with Crippen LogP contribution in [0.15, 0.2) is 86.3 Å². The number of hydrogen-bond donors (Lipinski definition) is 0. The minimum absolute atomic E-state index is 0.211. The standard InChI is InChI=1S/C22H21FOS2/c1-15(2)16-8-11-18(12-9-16)25-21-13-10-17(24-3)14-22(21)26-20-7-5-4-6-19(20)23/h4-15H,1-3H3. The van der Waals surface area contributed by atoms with Gasteiger partial charge in [-0.05, 0) is 53.9 Å². The lowest BCUT2D eigenvalue weighted by molar-refractivity contribution is 0.413. The summed E-state index contributed by atoms with van der Waals surface area (Å²) < 4.78 is 19.4. The molecule has 0 saturated carbocycles. The van der Waals surface area contributed by atoms with Crippen molar-refractivity contribution in [1.82, 2.24) is 0 Å². The maximum Gasteiger partial charge on any atom is 0.137 e. The fraction of sp³-hybridized carbons (Fsp3) is 0.182. The molecule has 3 rings (SSSR count). The molecule has 0 heterocycles. The molecule has 0 aromatic heterocycles. The average Bonchev–Trinajstić information content (AvgIpc) is 2.65. The van der Waals surface area contributed by atoms with E-state index >= 15 is 0 Å². The Balaban J connectivity index is 1.90. The summed E-state index contributed by atoms with van der Waals surface area (Å²) in [5, 5.41) is 0. The quantitative estimate of drug-likeness (QED) is 0.442. The summed E-state index contributed by atoms with van der Waals surface area (Å²) in [6.07, 6.45) is 0. The molecule has 3 aromatic rings. The molecule has 0 N–H and O–H groups in total. The highest BCUT2D eigenvalue weighted by Crippen LogP contribution is 2.41. The predicted octanol–water partition coefficient (Wildman–Crippen LogP) is 7.26. The lowest BCUT2D eigenvalue weighted by Crippen LogP contribution is -1.88. The monoisotopic (exact) mass is 384 g/mol. The van der Waals surface area contributed by atoms with E-state index in [9.17, 15) is 4.39 Å². The lowest BCUT2D eigenvalue weighted by Gasteiger charge is -2.12. The van der Waals surface area contributed by atoms with Crippen LogP contribution < -0.4 is 4.74 Å². The van der Waals surface area contributed by atoms with Crippen molar-refractivity contribution in [3.63, 3.8) is 0 Å². The second-order valence-corrected chi connectivity index (χ2v) is 8.37. The van der Waals surface area contributed by atoms with E-state index in [2.05, 4.69) is 38.1 Å². The number of halogens is 1. The van der Waals surface area contributed by atoms with E-state index in [1.165, 1.54) is 23.4 Å². The Morgan fingerprint density at radius 3 is 2.19 bits per heavy atom. The highest BCUT2D eigenvalue weighted by atomic mass is 32.2. The Bertz CT molecular complexity index is 876. The third kappa shape index (κ3) is 4.63. The van der Waals surface area contributed by atoms with Gasteiger partial charge in [0.1, 0.15) is 11.6 Å². The molecule has 0 aliphatic rings. The van der Waals surface area contributed by atoms with Gasteiger partial charge < -0.3 is 4.74 Å². The highest BCUT2D eigenvalue weighted by molar-refractivity contribution is 8.02. The molecular formula is C22H21FOS2. The Kier molecular flexibility index (Phi) is 6.28. The Labute approximate surface area is 163 Å². The number of ether oxygens (including phenoxy) is 1. The molecule has 0 radical (unpaired) electrons. The predicted molar refractivity (Wildman–Crippen MR) is 108 cm³/mol. The second-order valence-electron chi connectivity index (χ2n) is 6.17. The molecule has 0 fully saturated rings. The van der Waals surface area contributed by atoms with Crippen LogP contribution in [0.1, 0.15) is 25.3 Å². The van der Waals surface area contributed by atoms with Gasteiger partial charge in [-0.15, -0.1) is 0 Å². The van der Waals surface area contributed by atoms with Crippen molar-refractivity contribution in [2.24, 2.45) is 0 Å². The van der Waals surface area contributed by atoms with Crippen LogP contribution in [0, 0.1) is 5.82 Å². The third-order valence-corrected chi connectivity index (χ3v) is 6.30. The first kappa shape index (κ1) is 18.9. The summed E-state index contributed by atoms with van der Waals surface area (Å²) in [6.45, 7) is 4.38. The molecule has 134 valence electrons. The van der Waals surface area contributed by atoms with Crippen LogP contribution in [0.5, 0.6) is 5.75 Å². The fourth-order valence-corrected chi connectivity index (χ4v) is 4.44. The van der Waals surface area contributed by atoms with Crippen LogP contribution in [0.2, 0.25) is 0 Å². The molecule has 0 aliphatic heterocycles. The van der Waals surface area contributed by atoms with Crippen molar-refractivity contribution in [3.8, 4) is 5.75 Å². The maximum atomic E-state index is 14.1. The van der Waals surface area contributed by atoms with Crippen molar-refractivity contribution in [2.75, 3.05) is 7.11 Å². The van der Waals surface area contributed by atoms with Crippen LogP contribution in [0.25, 0.3) is 0 Å². The van der Waals surface area contributed by atoms with Crippen molar-refractivity contribution in [1.29, 1.82) is 0 Å². The Morgan fingerprint density at radius 1 is 0.808 bits per heavy atom. The minimum atomic E-state index is -0.211. The van der Waals surface area contributed by atoms with E-state index in [4.69, 9.17) is 4.74 Å². The zero-order valence-electron chi connectivity index (χ0n) is 15.0. The molecule has 4 heteroatoms. The number of hydrogen-bond acceptors (Lipinski definition) is 3. The first-order chi connectivity index (χ1) is 12.6. The van der Waals surface area contributed by atoms with E-state index in [-0.39, 0.29) is 5.82 Å². The van der Waals surface area contributed by atoms with E-state index in [0.717, 1.165) is 20.4 Å². The number of rotatable bonds is 6. The molecule has 3 aromatic carbocycles. The first-order valence-corrected chi connectivity index (χ1v) is 10.1. The van der Waals surface area contributed by atoms with E-state index in [0.29, 0.717) is 10.8 Å². The van der Waals surface area contributed by atoms with Gasteiger partial charge in [0.2, 0.25) is 0 Å². The number of benzene rings is 3. The maximum absolute atomic E-state index is 14.1. The van der Waals surface area contributed by atoms with Crippen LogP contribution in [0.4, 0.5) is 4.39 Å². The van der Waals surface area contributed by atoms with Gasteiger partial charge in [0.15, 0.2) is 0 Å². The summed E-state index contributed by atoms with van der Waals surface area (Å²) in [6, 6.07) is 21.4. The van der Waals surface area contributed by atoms with Crippen molar-refractivity contribution in [2.45, 2.75) is 39.3 Å². The Morgan fingerprint density at radius 2 is 1.54 bits per heavy atom. The number of methoxy groups -OCH3 is 1. The summed E-state index contributed by atoms with van der Waals surface area (Å²) in [4.78, 5) is 3.83. The van der Waals surface area contributed by atoms with Gasteiger partial charge in [-0.2, -0.15) is 0 Å². The van der Waals surface area contributed by atoms with E-state index in [1.807, 2.05) is 24.3 Å². The van der Waals surface area contributed by atoms with Gasteiger partial charge in [-0.1, -0.05) is 61.6 Å². The van der Waals surface area contributed by atoms with Crippen molar-refractivity contribution >= 4 is 23.5 Å². The summed E-state index contributed by atoms with van der Waals surface area (Å²) in [7, 11) is 1.64. The van der Waals surface area contributed by atoms with Crippen molar-refractivity contribution < 1.29 is 9.13 Å². The summed E-state index contributed by atoms with van der Waals surface area (Å²) >= 11 is 3.10. The molecule has 0 spiro atoms. The van der Waals surface area contributed by atoms with Crippen molar-refractivity contribution in [3.05, 3.63) is 78.1 Å². The summed E-state index contributed by atoms with van der Waals surface area (Å²) in [5.74, 6) is 1.07. The molecule has 0 bridgehead atoms. The van der Waals surface area contributed by atoms with Gasteiger partial charge in [0.25, 0.3) is 0 Å². The van der Waals surface area contributed by atoms with Gasteiger partial charge in [0, 0.05) is 19.6 Å². The topological polar surface area (TPSA) is 9.23 Å². The van der Waals surface area contributed by atoms with Crippen LogP contribution in [-0.2, 0) is 0 Å². The molecule has 0 aliphatic carbocycles. The van der Waals surface area contributed by atoms with Gasteiger partial charge in [-0.3, -0.25) is 0 Å². The minimum Gasteiger partial charge on any atom is -0.497 e. The lowest BCUT2D eigenvalue weighted by atomic mass is 10.0. The van der Waals surface area contributed by atoms with E-state index in [1.54, 1.807) is 31.0 Å². The van der Waals surface area contributed by atoms with Gasteiger partial charge >= 0.3 is 0 Å². The molecule has 26 heavy (non-hydrogen) atoms. The largest absolute Gasteiger partial charge is 0.497 e. The molecule has 0 atom stereocenters. The average molecular weight is 385 g/mol. The zero-order valence-corrected chi connectivity index (χ0v) is 16.7. The van der Waals surface area contributed by atoms with Gasteiger partial charge in [-0.25, -0.2) is 4.39 Å². The zero-order chi connectivity index (χ0) is 18.5. The molecule has 0 unspecified atom stereocenters. The SMILES string of the molecule is COc1ccc(Sc2ccc(C(C)C)cc2)c(Sc2ccccc2F)c1. The third-order valence-electron chi connectivity index (χ3n) is 3.98. The molecule has 0 amide bonds. The van der Waals surface area contributed by atoms with Crippen LogP contribution in [0.3, 0.4) is 0 Å². The smallest absolute Gasteiger partial charge is 0.137 e. The van der Waals surface area contributed by atoms with E-state index < -0.39 is 0 Å². The van der Waals surface area contributed by atoms with Crippen LogP contribution in [-0.4, -0.2) is 7.11 Å². The molecule has 0 saturated heterocycles. The first-order valence-electron chi connectivity index (χ1n) is 8.45. The molecule has 1 nitrogen and oxygen atoms in total. The fourth-order valence-electron chi connectivity index (χ4n) is 2.47. The normalized spacial score (nSPS) is 11.0. The summed E-state index contributed by atoms with van der Waals surface area (Å²) in [5.41, 5.74) is 1.32.